The summed E-state index contributed by atoms with van der Waals surface area (Å²) in [6.45, 7) is 7.66. The highest BCUT2D eigenvalue weighted by Crippen LogP contribution is 2.28. The van der Waals surface area contributed by atoms with Crippen LogP contribution in [0.3, 0.4) is 0 Å². The number of ether oxygens (including phenoxy) is 3. The normalized spacial score (nSPS) is 16.0. The molecule has 1 aromatic carbocycles. The molecule has 1 saturated heterocycles. The molecule has 31 heavy (non-hydrogen) atoms. The quantitative estimate of drug-likeness (QED) is 0.431. The fourth-order valence-electron chi connectivity index (χ4n) is 3.53. The zero-order valence-electron chi connectivity index (χ0n) is 18.7. The van der Waals surface area contributed by atoms with E-state index >= 15 is 0 Å². The van der Waals surface area contributed by atoms with E-state index in [4.69, 9.17) is 14.2 Å². The lowest BCUT2D eigenvalue weighted by atomic mass is 10.2. The summed E-state index contributed by atoms with van der Waals surface area (Å²) in [7, 11) is 3.47. The maximum absolute atomic E-state index is 5.74. The molecule has 3 rings (SSSR count). The van der Waals surface area contributed by atoms with Crippen molar-refractivity contribution in [1.29, 1.82) is 0 Å². The highest BCUT2D eigenvalue weighted by Gasteiger charge is 2.23. The highest BCUT2D eigenvalue weighted by molar-refractivity contribution is 7.10. The van der Waals surface area contributed by atoms with Crippen molar-refractivity contribution in [2.75, 3.05) is 53.6 Å². The molecule has 1 unspecified atom stereocenters. The SMILES string of the molecule is CCCOc1ccc(CNC(=NC)NCC(c2cccs2)N2CCOCC2)cc1OC. The molecular weight excluding hydrogens is 412 g/mol. The van der Waals surface area contributed by atoms with Gasteiger partial charge in [0.2, 0.25) is 0 Å². The molecule has 0 aliphatic carbocycles. The Morgan fingerprint density at radius 2 is 2.06 bits per heavy atom. The molecule has 2 N–H and O–H groups in total. The molecule has 8 heteroatoms. The minimum absolute atomic E-state index is 0.303. The zero-order valence-corrected chi connectivity index (χ0v) is 19.5. The Hall–Kier alpha value is -2.29. The van der Waals surface area contributed by atoms with Gasteiger partial charge in [-0.15, -0.1) is 11.3 Å². The lowest BCUT2D eigenvalue weighted by Gasteiger charge is -2.34. The van der Waals surface area contributed by atoms with Crippen molar-refractivity contribution in [1.82, 2.24) is 15.5 Å². The molecule has 0 radical (unpaired) electrons. The van der Waals surface area contributed by atoms with Gasteiger partial charge in [0.1, 0.15) is 0 Å². The third-order valence-electron chi connectivity index (χ3n) is 5.19. The fraction of sp³-hybridized carbons (Fsp3) is 0.522. The van der Waals surface area contributed by atoms with Crippen molar-refractivity contribution >= 4 is 17.3 Å². The number of nitrogens with one attached hydrogen (secondary N) is 2. The highest BCUT2D eigenvalue weighted by atomic mass is 32.1. The molecule has 1 fully saturated rings. The lowest BCUT2D eigenvalue weighted by Crippen LogP contribution is -2.46. The van der Waals surface area contributed by atoms with Crippen molar-refractivity contribution in [3.05, 3.63) is 46.2 Å². The summed E-state index contributed by atoms with van der Waals surface area (Å²) in [6, 6.07) is 10.6. The van der Waals surface area contributed by atoms with E-state index in [9.17, 15) is 0 Å². The number of morpholine rings is 1. The Balaban J connectivity index is 1.57. The Kier molecular flexibility index (Phi) is 9.45. The van der Waals surface area contributed by atoms with Gasteiger partial charge in [-0.25, -0.2) is 0 Å². The number of hydrogen-bond acceptors (Lipinski definition) is 6. The van der Waals surface area contributed by atoms with Gasteiger partial charge < -0.3 is 24.8 Å². The third kappa shape index (κ3) is 6.85. The van der Waals surface area contributed by atoms with Crippen LogP contribution in [0.15, 0.2) is 40.7 Å². The first-order valence-electron chi connectivity index (χ1n) is 10.8. The van der Waals surface area contributed by atoms with Gasteiger partial charge in [0, 0.05) is 38.1 Å². The third-order valence-corrected chi connectivity index (χ3v) is 6.17. The zero-order chi connectivity index (χ0) is 21.9. The molecule has 0 bridgehead atoms. The first-order valence-corrected chi connectivity index (χ1v) is 11.7. The number of methoxy groups -OCH3 is 1. The molecular formula is C23H34N4O3S. The van der Waals surface area contributed by atoms with Crippen molar-refractivity contribution < 1.29 is 14.2 Å². The summed E-state index contributed by atoms with van der Waals surface area (Å²) < 4.78 is 16.8. The van der Waals surface area contributed by atoms with Crippen LogP contribution in [0.25, 0.3) is 0 Å². The van der Waals surface area contributed by atoms with Gasteiger partial charge in [-0.05, 0) is 35.6 Å². The van der Waals surface area contributed by atoms with Crippen LogP contribution in [-0.4, -0.2) is 64.5 Å². The van der Waals surface area contributed by atoms with Crippen LogP contribution < -0.4 is 20.1 Å². The summed E-state index contributed by atoms with van der Waals surface area (Å²) in [5.74, 6) is 2.31. The van der Waals surface area contributed by atoms with Crippen LogP contribution in [0.5, 0.6) is 11.5 Å². The van der Waals surface area contributed by atoms with Crippen LogP contribution in [0, 0.1) is 0 Å². The lowest BCUT2D eigenvalue weighted by molar-refractivity contribution is 0.0177. The second-order valence-electron chi connectivity index (χ2n) is 7.32. The van der Waals surface area contributed by atoms with E-state index in [-0.39, 0.29) is 0 Å². The van der Waals surface area contributed by atoms with Gasteiger partial charge in [-0.3, -0.25) is 9.89 Å². The average molecular weight is 447 g/mol. The molecule has 0 amide bonds. The summed E-state index contributed by atoms with van der Waals surface area (Å²) in [5.41, 5.74) is 1.10. The standard InChI is InChI=1S/C23H34N4O3S/c1-4-11-30-20-8-7-18(15-21(20)28-3)16-25-23(24-2)26-17-19(22-6-5-14-31-22)27-9-12-29-13-10-27/h5-8,14-15,19H,4,9-13,16-17H2,1-3H3,(H2,24,25,26). The summed E-state index contributed by atoms with van der Waals surface area (Å²) in [6.07, 6.45) is 0.964. The molecule has 0 saturated carbocycles. The van der Waals surface area contributed by atoms with Gasteiger partial charge in [0.05, 0.1) is 33.0 Å². The van der Waals surface area contributed by atoms with Crippen LogP contribution in [0.1, 0.15) is 29.8 Å². The molecule has 2 aromatic rings. The van der Waals surface area contributed by atoms with E-state index in [0.717, 1.165) is 62.3 Å². The van der Waals surface area contributed by atoms with Crippen LogP contribution in [0.2, 0.25) is 0 Å². The van der Waals surface area contributed by atoms with E-state index < -0.39 is 0 Å². The molecule has 1 aliphatic heterocycles. The van der Waals surface area contributed by atoms with Crippen LogP contribution in [-0.2, 0) is 11.3 Å². The van der Waals surface area contributed by atoms with Gasteiger partial charge in [-0.1, -0.05) is 19.1 Å². The molecule has 1 aliphatic rings. The summed E-state index contributed by atoms with van der Waals surface area (Å²) in [4.78, 5) is 8.24. The maximum atomic E-state index is 5.74. The maximum Gasteiger partial charge on any atom is 0.191 e. The molecule has 170 valence electrons. The summed E-state index contributed by atoms with van der Waals surface area (Å²) in [5, 5.41) is 9.04. The van der Waals surface area contributed by atoms with E-state index in [1.165, 1.54) is 4.88 Å². The predicted octanol–water partition coefficient (Wildman–Crippen LogP) is 3.28. The number of nitrogens with zero attached hydrogens (tertiary/aromatic N) is 2. The van der Waals surface area contributed by atoms with E-state index in [0.29, 0.717) is 19.2 Å². The monoisotopic (exact) mass is 446 g/mol. The minimum Gasteiger partial charge on any atom is -0.493 e. The van der Waals surface area contributed by atoms with Crippen molar-refractivity contribution in [2.45, 2.75) is 25.9 Å². The Morgan fingerprint density at radius 3 is 2.74 bits per heavy atom. The van der Waals surface area contributed by atoms with Crippen molar-refractivity contribution in [2.24, 2.45) is 4.99 Å². The minimum atomic E-state index is 0.303. The fourth-order valence-corrected chi connectivity index (χ4v) is 4.39. The second kappa shape index (κ2) is 12.5. The van der Waals surface area contributed by atoms with Gasteiger partial charge >= 0.3 is 0 Å². The Morgan fingerprint density at radius 1 is 1.23 bits per heavy atom. The van der Waals surface area contributed by atoms with E-state index in [2.05, 4.69) is 51.0 Å². The van der Waals surface area contributed by atoms with Crippen LogP contribution >= 0.6 is 11.3 Å². The Labute approximate surface area is 189 Å². The van der Waals surface area contributed by atoms with Gasteiger partial charge in [0.15, 0.2) is 17.5 Å². The van der Waals surface area contributed by atoms with Gasteiger partial charge in [0.25, 0.3) is 0 Å². The molecule has 1 aromatic heterocycles. The smallest absolute Gasteiger partial charge is 0.191 e. The number of guanidine groups is 1. The van der Waals surface area contributed by atoms with E-state index in [1.807, 2.05) is 12.1 Å². The van der Waals surface area contributed by atoms with E-state index in [1.54, 1.807) is 25.5 Å². The molecule has 1 atom stereocenters. The average Bonchev–Trinajstić information content (AvgIpc) is 3.35. The number of hydrogen-bond donors (Lipinski definition) is 2. The molecule has 2 heterocycles. The Bertz CT molecular complexity index is 807. The first-order chi connectivity index (χ1) is 15.2. The first kappa shape index (κ1) is 23.4. The number of benzene rings is 1. The van der Waals surface area contributed by atoms with Gasteiger partial charge in [-0.2, -0.15) is 0 Å². The van der Waals surface area contributed by atoms with Crippen molar-refractivity contribution in [3.8, 4) is 11.5 Å². The number of aliphatic imine (C=N–C) groups is 1. The molecule has 7 nitrogen and oxygen atoms in total. The van der Waals surface area contributed by atoms with Crippen LogP contribution in [0.4, 0.5) is 0 Å². The largest absolute Gasteiger partial charge is 0.493 e. The predicted molar refractivity (Wildman–Crippen MR) is 126 cm³/mol. The summed E-state index contributed by atoms with van der Waals surface area (Å²) >= 11 is 1.80. The molecule has 0 spiro atoms. The van der Waals surface area contributed by atoms with Crippen molar-refractivity contribution in [3.63, 3.8) is 0 Å². The number of rotatable bonds is 10. The second-order valence-corrected chi connectivity index (χ2v) is 8.30. The topological polar surface area (TPSA) is 67.4 Å². The number of thiophene rings is 1.